The second-order valence-electron chi connectivity index (χ2n) is 17.3. The van der Waals surface area contributed by atoms with E-state index in [9.17, 15) is 0 Å². The molecule has 8 heteroatoms. The Morgan fingerprint density at radius 1 is 0.203 bits per heavy atom. The van der Waals surface area contributed by atoms with Gasteiger partial charge in [-0.2, -0.15) is 0 Å². The van der Waals surface area contributed by atoms with Gasteiger partial charge in [-0.25, -0.2) is 24.9 Å². The number of benzene rings is 6. The highest BCUT2D eigenvalue weighted by molar-refractivity contribution is 6.11. The van der Waals surface area contributed by atoms with Crippen LogP contribution in [0.4, 0.5) is 0 Å². The summed E-state index contributed by atoms with van der Waals surface area (Å²) in [6, 6.07) is 79.8. The third-order valence-electron chi connectivity index (χ3n) is 13.3. The van der Waals surface area contributed by atoms with Gasteiger partial charge in [-0.3, -0.25) is 13.7 Å². The van der Waals surface area contributed by atoms with Gasteiger partial charge in [0.15, 0.2) is 0 Å². The molecule has 6 aromatic carbocycles. The van der Waals surface area contributed by atoms with Crippen molar-refractivity contribution in [1.82, 2.24) is 38.6 Å². The maximum absolute atomic E-state index is 5.40. The molecule has 0 saturated heterocycles. The normalized spacial score (nSPS) is 11.8. The van der Waals surface area contributed by atoms with E-state index in [4.69, 9.17) is 24.9 Å². The van der Waals surface area contributed by atoms with E-state index in [1.165, 1.54) is 32.3 Å². The molecule has 8 heterocycles. The summed E-state index contributed by atoms with van der Waals surface area (Å²) in [5.74, 6) is 2.45. The van der Waals surface area contributed by atoms with Gasteiger partial charge in [-0.05, 0) is 97.1 Å². The Kier molecular flexibility index (Phi) is 8.72. The van der Waals surface area contributed by atoms with Crippen molar-refractivity contribution < 1.29 is 0 Å². The van der Waals surface area contributed by atoms with E-state index in [0.29, 0.717) is 17.1 Å². The Balaban J connectivity index is 0.932. The summed E-state index contributed by atoms with van der Waals surface area (Å²) < 4.78 is 6.72. The average molecular weight is 883 g/mol. The second-order valence-corrected chi connectivity index (χ2v) is 17.3. The highest BCUT2D eigenvalue weighted by Gasteiger charge is 2.19. The molecular weight excluding hydrogens is 845 g/mol. The topological polar surface area (TPSA) is 79.2 Å². The zero-order valence-corrected chi connectivity index (χ0v) is 37.0. The van der Waals surface area contributed by atoms with Gasteiger partial charge in [0.1, 0.15) is 17.5 Å². The Hall–Kier alpha value is -9.53. The van der Waals surface area contributed by atoms with Crippen LogP contribution in [0, 0.1) is 0 Å². The van der Waals surface area contributed by atoms with Gasteiger partial charge >= 0.3 is 0 Å². The van der Waals surface area contributed by atoms with Gasteiger partial charge in [0.05, 0.1) is 73.0 Å². The minimum Gasteiger partial charge on any atom is -0.294 e. The van der Waals surface area contributed by atoms with E-state index in [2.05, 4.69) is 214 Å². The van der Waals surface area contributed by atoms with Crippen LogP contribution >= 0.6 is 0 Å². The minimum atomic E-state index is 0.691. The SMILES string of the molecule is c1cc(-c2cc(-c3cccc(-n4c5ccccc5c5ccccc54)n3)cc(-c3cccc(-n4c5ccccc5c5ccccc54)n3)n2)nc(-c2cccc(-n3c4ccccc4c4ccccc43)n2)c1. The molecule has 322 valence electrons. The summed E-state index contributed by atoms with van der Waals surface area (Å²) in [5.41, 5.74) is 12.6. The molecule has 0 fully saturated rings. The average Bonchev–Trinajstić information content (AvgIpc) is 4.07. The van der Waals surface area contributed by atoms with Crippen LogP contribution in [0.3, 0.4) is 0 Å². The first-order chi connectivity index (χ1) is 34.2. The number of hydrogen-bond acceptors (Lipinski definition) is 5. The number of para-hydroxylation sites is 6. The fourth-order valence-corrected chi connectivity index (χ4v) is 10.3. The number of fused-ring (bicyclic) bond motifs is 9. The van der Waals surface area contributed by atoms with Crippen molar-refractivity contribution in [3.63, 3.8) is 0 Å². The van der Waals surface area contributed by atoms with E-state index < -0.39 is 0 Å². The van der Waals surface area contributed by atoms with Crippen LogP contribution in [0.1, 0.15) is 0 Å². The van der Waals surface area contributed by atoms with Crippen molar-refractivity contribution in [1.29, 1.82) is 0 Å². The monoisotopic (exact) mass is 882 g/mol. The summed E-state index contributed by atoms with van der Waals surface area (Å²) in [7, 11) is 0. The lowest BCUT2D eigenvalue weighted by molar-refractivity contribution is 1.07. The molecule has 0 bridgehead atoms. The fraction of sp³-hybridized carbons (Fsp3) is 0. The van der Waals surface area contributed by atoms with Crippen molar-refractivity contribution in [2.45, 2.75) is 0 Å². The van der Waals surface area contributed by atoms with Crippen LogP contribution in [0.15, 0.2) is 231 Å². The lowest BCUT2D eigenvalue weighted by Gasteiger charge is -2.13. The van der Waals surface area contributed by atoms with Gasteiger partial charge in [-0.1, -0.05) is 133 Å². The largest absolute Gasteiger partial charge is 0.294 e. The lowest BCUT2D eigenvalue weighted by atomic mass is 10.1. The first-order valence-electron chi connectivity index (χ1n) is 23.1. The van der Waals surface area contributed by atoms with E-state index in [1.54, 1.807) is 0 Å². The van der Waals surface area contributed by atoms with Crippen molar-refractivity contribution in [3.05, 3.63) is 231 Å². The summed E-state index contributed by atoms with van der Waals surface area (Å²) in [6.07, 6.45) is 0. The maximum Gasteiger partial charge on any atom is 0.138 e. The third-order valence-corrected chi connectivity index (χ3v) is 13.3. The van der Waals surface area contributed by atoms with Crippen molar-refractivity contribution in [3.8, 4) is 62.9 Å². The molecule has 0 amide bonds. The van der Waals surface area contributed by atoms with Gasteiger partial charge in [0.25, 0.3) is 0 Å². The minimum absolute atomic E-state index is 0.691. The lowest BCUT2D eigenvalue weighted by Crippen LogP contribution is -2.01. The van der Waals surface area contributed by atoms with Crippen LogP contribution in [0.25, 0.3) is 128 Å². The van der Waals surface area contributed by atoms with E-state index >= 15 is 0 Å². The zero-order valence-electron chi connectivity index (χ0n) is 37.0. The van der Waals surface area contributed by atoms with Crippen molar-refractivity contribution in [2.75, 3.05) is 0 Å². The molecule has 69 heavy (non-hydrogen) atoms. The Bertz CT molecular complexity index is 4010. The second kappa shape index (κ2) is 15.5. The Labute approximate surface area is 395 Å². The summed E-state index contributed by atoms with van der Waals surface area (Å²) >= 11 is 0. The van der Waals surface area contributed by atoms with E-state index in [1.807, 2.05) is 30.3 Å². The molecule has 8 nitrogen and oxygen atoms in total. The number of hydrogen-bond donors (Lipinski definition) is 0. The predicted molar refractivity (Wildman–Crippen MR) is 280 cm³/mol. The molecule has 14 aromatic rings. The Morgan fingerprint density at radius 2 is 0.449 bits per heavy atom. The van der Waals surface area contributed by atoms with Gasteiger partial charge < -0.3 is 0 Å². The molecule has 14 rings (SSSR count). The van der Waals surface area contributed by atoms with E-state index in [0.717, 1.165) is 78.9 Å². The number of rotatable bonds is 7. The van der Waals surface area contributed by atoms with Gasteiger partial charge in [-0.15, -0.1) is 0 Å². The molecule has 8 aromatic heterocycles. The predicted octanol–water partition coefficient (Wildman–Crippen LogP) is 14.6. The van der Waals surface area contributed by atoms with Crippen molar-refractivity contribution in [2.24, 2.45) is 0 Å². The van der Waals surface area contributed by atoms with Crippen LogP contribution in [-0.2, 0) is 0 Å². The van der Waals surface area contributed by atoms with Crippen LogP contribution in [-0.4, -0.2) is 38.6 Å². The number of aromatic nitrogens is 8. The molecule has 0 radical (unpaired) electrons. The molecule has 0 unspecified atom stereocenters. The van der Waals surface area contributed by atoms with Gasteiger partial charge in [0, 0.05) is 37.9 Å². The number of pyridine rings is 5. The molecule has 0 spiro atoms. The van der Waals surface area contributed by atoms with Gasteiger partial charge in [0.2, 0.25) is 0 Å². The first-order valence-corrected chi connectivity index (χ1v) is 23.1. The van der Waals surface area contributed by atoms with Crippen LogP contribution in [0.2, 0.25) is 0 Å². The first kappa shape index (κ1) is 38.7. The molecule has 0 atom stereocenters. The maximum atomic E-state index is 5.40. The zero-order chi connectivity index (χ0) is 45.4. The third kappa shape index (κ3) is 6.27. The smallest absolute Gasteiger partial charge is 0.138 e. The molecule has 0 aliphatic rings. The molecule has 0 aliphatic carbocycles. The summed E-state index contributed by atoms with van der Waals surface area (Å²) in [5, 5.41) is 7.10. The number of nitrogens with zero attached hydrogens (tertiary/aromatic N) is 8. The molecule has 0 N–H and O–H groups in total. The standard InChI is InChI=1S/C61H38N8/c1-7-28-53-40(17-1)41-18-2-8-29-54(41)67(53)59-34-14-23-46(64-59)39-37-51(63-52(38-39)50-27-16-36-61(66-50)69-57-32-11-5-21-44(57)45-22-6-12-33-58(45)69)49-25-13-24-47(62-49)48-26-15-35-60(65-48)68-55-30-9-3-19-42(55)43-20-4-10-31-56(43)68/h1-38H. The highest BCUT2D eigenvalue weighted by atomic mass is 15.1. The Morgan fingerprint density at radius 3 is 0.812 bits per heavy atom. The van der Waals surface area contributed by atoms with Crippen molar-refractivity contribution >= 4 is 65.4 Å². The molecule has 0 saturated carbocycles. The fourth-order valence-electron chi connectivity index (χ4n) is 10.3. The molecule has 0 aliphatic heterocycles. The van der Waals surface area contributed by atoms with Crippen LogP contribution in [0.5, 0.6) is 0 Å². The summed E-state index contributed by atoms with van der Waals surface area (Å²) in [6.45, 7) is 0. The quantitative estimate of drug-likeness (QED) is 0.159. The highest BCUT2D eigenvalue weighted by Crippen LogP contribution is 2.37. The van der Waals surface area contributed by atoms with Crippen LogP contribution < -0.4 is 0 Å². The van der Waals surface area contributed by atoms with E-state index in [-0.39, 0.29) is 0 Å². The molecular formula is C61H38N8. The summed E-state index contributed by atoms with van der Waals surface area (Å²) in [4.78, 5) is 26.7.